The van der Waals surface area contributed by atoms with E-state index in [1.54, 1.807) is 7.11 Å². The highest BCUT2D eigenvalue weighted by Crippen LogP contribution is 2.49. The Labute approximate surface area is 171 Å². The highest BCUT2D eigenvalue weighted by molar-refractivity contribution is 7.85. The van der Waals surface area contributed by atoms with Crippen molar-refractivity contribution in [1.82, 2.24) is 0 Å². The first-order chi connectivity index (χ1) is 13.3. The average Bonchev–Trinajstić information content (AvgIpc) is 3.45. The fraction of sp³-hybridized carbons (Fsp3) is 0.696. The minimum absolute atomic E-state index is 0.00656. The lowest BCUT2D eigenvalue weighted by atomic mass is 9.70. The molecule has 0 saturated heterocycles. The van der Waals surface area contributed by atoms with Crippen LogP contribution < -0.4 is 4.74 Å². The zero-order valence-corrected chi connectivity index (χ0v) is 18.4. The van der Waals surface area contributed by atoms with Crippen LogP contribution in [-0.2, 0) is 22.1 Å². The van der Waals surface area contributed by atoms with Crippen LogP contribution in [0.2, 0.25) is 0 Å². The van der Waals surface area contributed by atoms with Gasteiger partial charge in [0.1, 0.15) is 16.7 Å². The Hall–Kier alpha value is -1.20. The van der Waals surface area contributed by atoms with Gasteiger partial charge in [-0.15, -0.1) is 0 Å². The summed E-state index contributed by atoms with van der Waals surface area (Å²) in [7, 11) is 0.540. The lowest BCUT2D eigenvalue weighted by molar-refractivity contribution is 0.0468. The maximum Gasteiger partial charge on any atom is 0.145 e. The van der Waals surface area contributed by atoms with Crippen molar-refractivity contribution in [2.75, 3.05) is 13.7 Å². The molecule has 0 bridgehead atoms. The molecule has 3 aliphatic carbocycles. The summed E-state index contributed by atoms with van der Waals surface area (Å²) in [5, 5.41) is 0. The lowest BCUT2D eigenvalue weighted by Crippen LogP contribution is -2.36. The number of benzene rings is 1. The Morgan fingerprint density at radius 1 is 1.18 bits per heavy atom. The van der Waals surface area contributed by atoms with E-state index in [1.807, 2.05) is 20.8 Å². The number of ether oxygens (including phenoxy) is 2. The van der Waals surface area contributed by atoms with Crippen molar-refractivity contribution >= 4 is 16.7 Å². The van der Waals surface area contributed by atoms with E-state index in [-0.39, 0.29) is 10.2 Å². The Bertz CT molecular complexity index is 784. The second-order valence-corrected chi connectivity index (χ2v) is 11.7. The smallest absolute Gasteiger partial charge is 0.145 e. The van der Waals surface area contributed by atoms with Crippen LogP contribution in [0.3, 0.4) is 0 Å². The Balaban J connectivity index is 1.67. The molecular formula is C23H33NO3S. The summed E-state index contributed by atoms with van der Waals surface area (Å²) in [4.78, 5) is 0. The van der Waals surface area contributed by atoms with E-state index < -0.39 is 11.0 Å². The first-order valence-electron chi connectivity index (χ1n) is 10.6. The van der Waals surface area contributed by atoms with Crippen LogP contribution in [0.1, 0.15) is 70.4 Å². The quantitative estimate of drug-likeness (QED) is 0.705. The number of rotatable bonds is 5. The summed E-state index contributed by atoms with van der Waals surface area (Å²) in [6, 6.07) is 6.44. The van der Waals surface area contributed by atoms with Crippen molar-refractivity contribution < 1.29 is 13.7 Å². The number of hydrogen-bond acceptors (Lipinski definition) is 3. The second-order valence-electron chi connectivity index (χ2n) is 9.77. The molecule has 1 aromatic rings. The molecule has 2 saturated carbocycles. The monoisotopic (exact) mass is 403 g/mol. The van der Waals surface area contributed by atoms with E-state index in [0.717, 1.165) is 61.7 Å². The molecule has 28 heavy (non-hydrogen) atoms. The first-order valence-corrected chi connectivity index (χ1v) is 11.7. The summed E-state index contributed by atoms with van der Waals surface area (Å²) in [5.74, 6) is 1.65. The van der Waals surface area contributed by atoms with Gasteiger partial charge in [-0.2, -0.15) is 4.40 Å². The Kier molecular flexibility index (Phi) is 5.43. The predicted octanol–water partition coefficient (Wildman–Crippen LogP) is 4.86. The van der Waals surface area contributed by atoms with Crippen molar-refractivity contribution in [3.63, 3.8) is 0 Å². The number of nitrogens with zero attached hydrogens (tertiary/aromatic N) is 1. The fourth-order valence-electron chi connectivity index (χ4n) is 4.41. The third-order valence-corrected chi connectivity index (χ3v) is 7.87. The third kappa shape index (κ3) is 4.06. The van der Waals surface area contributed by atoms with Gasteiger partial charge in [-0.1, -0.05) is 6.07 Å². The molecule has 4 rings (SSSR count). The van der Waals surface area contributed by atoms with E-state index in [0.29, 0.717) is 6.10 Å². The zero-order valence-electron chi connectivity index (χ0n) is 17.6. The van der Waals surface area contributed by atoms with Crippen molar-refractivity contribution in [3.05, 3.63) is 29.3 Å². The van der Waals surface area contributed by atoms with Gasteiger partial charge in [0.2, 0.25) is 0 Å². The van der Waals surface area contributed by atoms with Crippen molar-refractivity contribution in [2.24, 2.45) is 15.7 Å². The van der Waals surface area contributed by atoms with Crippen molar-refractivity contribution in [2.45, 2.75) is 76.6 Å². The summed E-state index contributed by atoms with van der Waals surface area (Å²) in [6.07, 6.45) is 8.05. The van der Waals surface area contributed by atoms with Crippen LogP contribution in [0, 0.1) is 11.3 Å². The first kappa shape index (κ1) is 20.1. The van der Waals surface area contributed by atoms with Gasteiger partial charge in [-0.3, -0.25) is 0 Å². The molecule has 3 aliphatic rings. The molecule has 1 unspecified atom stereocenters. The zero-order chi connectivity index (χ0) is 19.9. The fourth-order valence-corrected chi connectivity index (χ4v) is 5.14. The maximum atomic E-state index is 13.0. The van der Waals surface area contributed by atoms with Gasteiger partial charge in [0.25, 0.3) is 0 Å². The molecule has 1 aromatic carbocycles. The minimum Gasteiger partial charge on any atom is -0.493 e. The molecule has 5 heteroatoms. The number of fused-ring (bicyclic) bond motifs is 1. The minimum atomic E-state index is -1.26. The molecule has 1 spiro atoms. The molecule has 1 atom stereocenters. The summed E-state index contributed by atoms with van der Waals surface area (Å²) < 4.78 is 29.1. The van der Waals surface area contributed by atoms with Gasteiger partial charge in [0.15, 0.2) is 0 Å². The van der Waals surface area contributed by atoms with Crippen LogP contribution >= 0.6 is 0 Å². The second kappa shape index (κ2) is 7.56. The third-order valence-electron chi connectivity index (χ3n) is 6.47. The normalized spacial score (nSPS) is 29.9. The van der Waals surface area contributed by atoms with Crippen molar-refractivity contribution in [1.29, 1.82) is 0 Å². The predicted molar refractivity (Wildman–Crippen MR) is 114 cm³/mol. The van der Waals surface area contributed by atoms with E-state index in [1.165, 1.54) is 18.4 Å². The standard InChI is InChI=1S/C23H33NO3S/c1-22(2,3)28(25)24-21-20-13-19(27-15-16-5-6-16)8-7-17(20)14-23(21)11-9-18(26-4)10-12-23/h7-8,13,16,18H,5-6,9-12,14-15H2,1-4H3/b24-21+. The molecule has 0 aliphatic heterocycles. The summed E-state index contributed by atoms with van der Waals surface area (Å²) in [6.45, 7) is 6.78. The summed E-state index contributed by atoms with van der Waals surface area (Å²) in [5.41, 5.74) is 3.51. The van der Waals surface area contributed by atoms with Gasteiger partial charge in [-0.25, -0.2) is 4.21 Å². The van der Waals surface area contributed by atoms with Crippen molar-refractivity contribution in [3.8, 4) is 5.75 Å². The molecule has 2 fully saturated rings. The van der Waals surface area contributed by atoms with Gasteiger partial charge in [0.05, 0.1) is 23.2 Å². The van der Waals surface area contributed by atoms with Crippen LogP contribution in [0.25, 0.3) is 0 Å². The van der Waals surface area contributed by atoms with Gasteiger partial charge < -0.3 is 9.47 Å². The number of methoxy groups -OCH3 is 1. The Morgan fingerprint density at radius 3 is 2.50 bits per heavy atom. The average molecular weight is 404 g/mol. The van der Waals surface area contributed by atoms with E-state index >= 15 is 0 Å². The van der Waals surface area contributed by atoms with Gasteiger partial charge in [-0.05, 0) is 89.3 Å². The largest absolute Gasteiger partial charge is 0.493 e. The molecule has 4 nitrogen and oxygen atoms in total. The van der Waals surface area contributed by atoms with E-state index in [9.17, 15) is 4.21 Å². The van der Waals surface area contributed by atoms with Gasteiger partial charge in [0, 0.05) is 18.1 Å². The lowest BCUT2D eigenvalue weighted by Gasteiger charge is -2.37. The van der Waals surface area contributed by atoms with E-state index in [4.69, 9.17) is 13.9 Å². The van der Waals surface area contributed by atoms with Crippen LogP contribution in [0.15, 0.2) is 22.6 Å². The molecular weight excluding hydrogens is 370 g/mol. The maximum absolute atomic E-state index is 13.0. The van der Waals surface area contributed by atoms with Crippen LogP contribution in [-0.4, -0.2) is 34.5 Å². The SMILES string of the molecule is COC1CCC2(CC1)Cc1ccc(OCC3CC3)cc1/C2=N\S(=O)C(C)(C)C. The van der Waals surface area contributed by atoms with Crippen LogP contribution in [0.4, 0.5) is 0 Å². The van der Waals surface area contributed by atoms with Gasteiger partial charge >= 0.3 is 0 Å². The molecule has 0 aromatic heterocycles. The molecule has 0 amide bonds. The molecule has 154 valence electrons. The number of hydrogen-bond donors (Lipinski definition) is 0. The highest BCUT2D eigenvalue weighted by Gasteiger charge is 2.46. The summed E-state index contributed by atoms with van der Waals surface area (Å²) >= 11 is 0. The molecule has 0 N–H and O–H groups in total. The topological polar surface area (TPSA) is 47.9 Å². The molecule has 0 radical (unpaired) electrons. The molecule has 0 heterocycles. The van der Waals surface area contributed by atoms with Crippen LogP contribution in [0.5, 0.6) is 5.75 Å². The Morgan fingerprint density at radius 2 is 1.89 bits per heavy atom. The highest BCUT2D eigenvalue weighted by atomic mass is 32.2. The van der Waals surface area contributed by atoms with E-state index in [2.05, 4.69) is 18.2 Å².